The molecule has 0 amide bonds. The number of nitrogens with zero attached hydrogens (tertiary/aromatic N) is 3. The van der Waals surface area contributed by atoms with Crippen LogP contribution < -0.4 is 4.90 Å². The van der Waals surface area contributed by atoms with E-state index in [2.05, 4.69) is 30.8 Å². The highest BCUT2D eigenvalue weighted by molar-refractivity contribution is 9.10. The van der Waals surface area contributed by atoms with Gasteiger partial charge in [0.05, 0.1) is 12.8 Å². The van der Waals surface area contributed by atoms with E-state index in [4.69, 9.17) is 16.3 Å². The van der Waals surface area contributed by atoms with Crippen molar-refractivity contribution in [1.29, 1.82) is 0 Å². The Balaban J connectivity index is 1.72. The van der Waals surface area contributed by atoms with Crippen molar-refractivity contribution in [3.05, 3.63) is 16.0 Å². The molecule has 0 radical (unpaired) electrons. The Bertz CT molecular complexity index is 441. The average Bonchev–Trinajstić information content (AvgIpc) is 2.80. The van der Waals surface area contributed by atoms with Crippen molar-refractivity contribution in [2.45, 2.75) is 19.3 Å². The van der Waals surface area contributed by atoms with Gasteiger partial charge in [-0.15, -0.1) is 0 Å². The van der Waals surface area contributed by atoms with Crippen molar-refractivity contribution in [3.63, 3.8) is 0 Å². The Hall–Kier alpha value is -0.390. The van der Waals surface area contributed by atoms with Gasteiger partial charge < -0.3 is 9.64 Å². The standard InChI is InChI=1S/C12H15BrClN3O/c13-9-7-15-11(10(14)16-9)17-4-1-12(2-5-17)3-6-18-8-12/h7H,1-6,8H2. The molecule has 0 aliphatic carbocycles. The summed E-state index contributed by atoms with van der Waals surface area (Å²) < 4.78 is 6.21. The zero-order chi connectivity index (χ0) is 12.6. The van der Waals surface area contributed by atoms with E-state index < -0.39 is 0 Å². The van der Waals surface area contributed by atoms with Crippen molar-refractivity contribution in [3.8, 4) is 0 Å². The Morgan fingerprint density at radius 3 is 2.72 bits per heavy atom. The summed E-state index contributed by atoms with van der Waals surface area (Å²) in [5.41, 5.74) is 0.409. The van der Waals surface area contributed by atoms with E-state index in [-0.39, 0.29) is 0 Å². The minimum absolute atomic E-state index is 0.409. The van der Waals surface area contributed by atoms with Gasteiger partial charge in [0.15, 0.2) is 11.0 Å². The summed E-state index contributed by atoms with van der Waals surface area (Å²) in [6.07, 6.45) is 5.20. The van der Waals surface area contributed by atoms with Gasteiger partial charge >= 0.3 is 0 Å². The molecular formula is C12H15BrClN3O. The molecule has 0 aromatic carbocycles. The fourth-order valence-corrected chi connectivity index (χ4v) is 3.43. The lowest BCUT2D eigenvalue weighted by Gasteiger charge is -2.38. The lowest BCUT2D eigenvalue weighted by atomic mass is 9.78. The molecule has 1 aromatic rings. The number of hydrogen-bond donors (Lipinski definition) is 0. The van der Waals surface area contributed by atoms with Crippen LogP contribution in [0.15, 0.2) is 10.8 Å². The summed E-state index contributed by atoms with van der Waals surface area (Å²) in [5, 5.41) is 0.475. The molecule has 6 heteroatoms. The van der Waals surface area contributed by atoms with Crippen LogP contribution in [0.25, 0.3) is 0 Å². The summed E-state index contributed by atoms with van der Waals surface area (Å²) in [5.74, 6) is 0.800. The van der Waals surface area contributed by atoms with Crippen molar-refractivity contribution < 1.29 is 4.74 Å². The molecule has 2 aliphatic rings. The predicted octanol–water partition coefficient (Wildman–Crippen LogP) is 2.90. The van der Waals surface area contributed by atoms with E-state index in [1.54, 1.807) is 6.20 Å². The first kappa shape index (κ1) is 12.6. The predicted molar refractivity (Wildman–Crippen MR) is 74.1 cm³/mol. The Morgan fingerprint density at radius 1 is 1.33 bits per heavy atom. The average molecular weight is 333 g/mol. The summed E-state index contributed by atoms with van der Waals surface area (Å²) in [6.45, 7) is 3.80. The third-order valence-electron chi connectivity index (χ3n) is 3.99. The highest BCUT2D eigenvalue weighted by atomic mass is 79.9. The summed E-state index contributed by atoms with van der Waals surface area (Å²) in [4.78, 5) is 10.8. The second kappa shape index (κ2) is 4.94. The van der Waals surface area contributed by atoms with Crippen LogP contribution in [0.1, 0.15) is 19.3 Å². The number of rotatable bonds is 1. The molecule has 3 rings (SSSR count). The molecule has 1 spiro atoms. The molecule has 18 heavy (non-hydrogen) atoms. The van der Waals surface area contributed by atoms with E-state index in [0.29, 0.717) is 15.2 Å². The van der Waals surface area contributed by atoms with E-state index in [1.165, 1.54) is 6.42 Å². The highest BCUT2D eigenvalue weighted by Gasteiger charge is 2.38. The third kappa shape index (κ3) is 2.36. The maximum atomic E-state index is 6.14. The normalized spacial score (nSPS) is 22.7. The van der Waals surface area contributed by atoms with Crippen LogP contribution >= 0.6 is 27.5 Å². The van der Waals surface area contributed by atoms with Crippen molar-refractivity contribution >= 4 is 33.3 Å². The minimum atomic E-state index is 0.409. The molecule has 3 heterocycles. The van der Waals surface area contributed by atoms with E-state index in [0.717, 1.165) is 45.0 Å². The summed E-state index contributed by atoms with van der Waals surface area (Å²) in [6, 6.07) is 0. The van der Waals surface area contributed by atoms with Gasteiger partial charge in [-0.05, 0) is 40.6 Å². The molecule has 2 saturated heterocycles. The highest BCUT2D eigenvalue weighted by Crippen LogP contribution is 2.40. The fourth-order valence-electron chi connectivity index (χ4n) is 2.79. The minimum Gasteiger partial charge on any atom is -0.381 e. The molecule has 0 unspecified atom stereocenters. The van der Waals surface area contributed by atoms with Crippen molar-refractivity contribution in [1.82, 2.24) is 9.97 Å². The number of aromatic nitrogens is 2. The number of anilines is 1. The first-order chi connectivity index (χ1) is 8.69. The van der Waals surface area contributed by atoms with Gasteiger partial charge in [0.2, 0.25) is 0 Å². The van der Waals surface area contributed by atoms with Crippen LogP contribution in [0.3, 0.4) is 0 Å². The molecule has 2 fully saturated rings. The van der Waals surface area contributed by atoms with Crippen LogP contribution in [0.5, 0.6) is 0 Å². The lowest BCUT2D eigenvalue weighted by molar-refractivity contribution is 0.133. The number of halogens is 2. The Labute approximate surface area is 120 Å². The van der Waals surface area contributed by atoms with Crippen molar-refractivity contribution in [2.75, 3.05) is 31.2 Å². The molecule has 0 atom stereocenters. The van der Waals surface area contributed by atoms with E-state index in [1.807, 2.05) is 0 Å². The van der Waals surface area contributed by atoms with Crippen LogP contribution in [0.4, 0.5) is 5.82 Å². The molecule has 2 aliphatic heterocycles. The van der Waals surface area contributed by atoms with Gasteiger partial charge in [-0.1, -0.05) is 11.6 Å². The van der Waals surface area contributed by atoms with Gasteiger partial charge in [-0.3, -0.25) is 0 Å². The summed E-state index contributed by atoms with van der Waals surface area (Å²) >= 11 is 9.42. The van der Waals surface area contributed by atoms with E-state index in [9.17, 15) is 0 Å². The molecular weight excluding hydrogens is 318 g/mol. The van der Waals surface area contributed by atoms with E-state index >= 15 is 0 Å². The molecule has 0 bridgehead atoms. The van der Waals surface area contributed by atoms with Gasteiger partial charge in [0, 0.05) is 19.7 Å². The maximum Gasteiger partial charge on any atom is 0.172 e. The number of hydrogen-bond acceptors (Lipinski definition) is 4. The Morgan fingerprint density at radius 2 is 2.11 bits per heavy atom. The SMILES string of the molecule is Clc1nc(Br)cnc1N1CCC2(CCOC2)CC1. The fraction of sp³-hybridized carbons (Fsp3) is 0.667. The zero-order valence-electron chi connectivity index (χ0n) is 10.0. The second-order valence-corrected chi connectivity index (χ2v) is 6.27. The van der Waals surface area contributed by atoms with Gasteiger partial charge in [-0.2, -0.15) is 0 Å². The number of piperidine rings is 1. The van der Waals surface area contributed by atoms with Crippen LogP contribution in [-0.4, -0.2) is 36.3 Å². The second-order valence-electron chi connectivity index (χ2n) is 5.10. The largest absolute Gasteiger partial charge is 0.381 e. The number of ether oxygens (including phenoxy) is 1. The van der Waals surface area contributed by atoms with Crippen LogP contribution in [-0.2, 0) is 4.74 Å². The molecule has 0 N–H and O–H groups in total. The molecule has 4 nitrogen and oxygen atoms in total. The quantitative estimate of drug-likeness (QED) is 0.792. The van der Waals surface area contributed by atoms with Gasteiger partial charge in [-0.25, -0.2) is 9.97 Å². The molecule has 1 aromatic heterocycles. The smallest absolute Gasteiger partial charge is 0.172 e. The van der Waals surface area contributed by atoms with Crippen molar-refractivity contribution in [2.24, 2.45) is 5.41 Å². The first-order valence-electron chi connectivity index (χ1n) is 6.19. The van der Waals surface area contributed by atoms with Crippen LogP contribution in [0, 0.1) is 5.41 Å². The zero-order valence-corrected chi connectivity index (χ0v) is 12.4. The third-order valence-corrected chi connectivity index (χ3v) is 4.63. The topological polar surface area (TPSA) is 38.2 Å². The first-order valence-corrected chi connectivity index (χ1v) is 7.36. The maximum absolute atomic E-state index is 6.14. The van der Waals surface area contributed by atoms with Crippen LogP contribution in [0.2, 0.25) is 5.15 Å². The molecule has 0 saturated carbocycles. The summed E-state index contributed by atoms with van der Waals surface area (Å²) in [7, 11) is 0. The monoisotopic (exact) mass is 331 g/mol. The molecule has 98 valence electrons. The lowest BCUT2D eigenvalue weighted by Crippen LogP contribution is -2.41. The Kier molecular flexibility index (Phi) is 3.47. The van der Waals surface area contributed by atoms with Gasteiger partial charge in [0.25, 0.3) is 0 Å². The van der Waals surface area contributed by atoms with Gasteiger partial charge in [0.1, 0.15) is 4.60 Å².